The van der Waals surface area contributed by atoms with Crippen molar-refractivity contribution in [1.29, 1.82) is 0 Å². The average molecular weight is 297 g/mol. The minimum absolute atomic E-state index is 0.0150. The van der Waals surface area contributed by atoms with Gasteiger partial charge >= 0.3 is 5.97 Å². The molecule has 0 aromatic carbocycles. The molecule has 0 radical (unpaired) electrons. The summed E-state index contributed by atoms with van der Waals surface area (Å²) in [7, 11) is 0. The van der Waals surface area contributed by atoms with Crippen LogP contribution in [-0.2, 0) is 14.3 Å². The molecule has 1 rings (SSSR count). The van der Waals surface area contributed by atoms with E-state index in [-0.39, 0.29) is 17.8 Å². The zero-order valence-electron chi connectivity index (χ0n) is 14.1. The van der Waals surface area contributed by atoms with Gasteiger partial charge < -0.3 is 10.1 Å². The first-order valence-corrected chi connectivity index (χ1v) is 8.33. The molecule has 0 spiro atoms. The first-order valence-electron chi connectivity index (χ1n) is 8.33. The van der Waals surface area contributed by atoms with Crippen LogP contribution < -0.4 is 5.32 Å². The molecule has 4 unspecified atom stereocenters. The molecule has 1 N–H and O–H groups in total. The van der Waals surface area contributed by atoms with Crippen LogP contribution in [0.3, 0.4) is 0 Å². The lowest BCUT2D eigenvalue weighted by Gasteiger charge is -2.36. The third-order valence-electron chi connectivity index (χ3n) is 4.52. The van der Waals surface area contributed by atoms with Crippen LogP contribution in [-0.4, -0.2) is 24.5 Å². The van der Waals surface area contributed by atoms with Gasteiger partial charge in [0.2, 0.25) is 5.91 Å². The maximum absolute atomic E-state index is 12.5. The summed E-state index contributed by atoms with van der Waals surface area (Å²) in [4.78, 5) is 24.3. The molecule has 1 aliphatic carbocycles. The van der Waals surface area contributed by atoms with Gasteiger partial charge in [0.15, 0.2) is 0 Å². The van der Waals surface area contributed by atoms with Crippen LogP contribution in [0.5, 0.6) is 0 Å². The van der Waals surface area contributed by atoms with E-state index in [9.17, 15) is 9.59 Å². The summed E-state index contributed by atoms with van der Waals surface area (Å²) in [5, 5.41) is 2.85. The van der Waals surface area contributed by atoms with Crippen LogP contribution in [0.2, 0.25) is 0 Å². The molecular weight excluding hydrogens is 266 g/mol. The van der Waals surface area contributed by atoms with Gasteiger partial charge in [0.1, 0.15) is 6.04 Å². The molecule has 1 fully saturated rings. The highest BCUT2D eigenvalue weighted by atomic mass is 16.5. The molecule has 1 amide bonds. The van der Waals surface area contributed by atoms with Crippen LogP contribution in [0, 0.1) is 23.7 Å². The van der Waals surface area contributed by atoms with Crippen LogP contribution in [0.25, 0.3) is 0 Å². The second kappa shape index (κ2) is 8.40. The second-order valence-corrected chi connectivity index (χ2v) is 6.83. The van der Waals surface area contributed by atoms with Crippen molar-refractivity contribution in [2.45, 2.75) is 66.3 Å². The van der Waals surface area contributed by atoms with E-state index in [1.54, 1.807) is 6.92 Å². The topological polar surface area (TPSA) is 55.4 Å². The molecule has 4 atom stereocenters. The summed E-state index contributed by atoms with van der Waals surface area (Å²) in [5.41, 5.74) is 0. The summed E-state index contributed by atoms with van der Waals surface area (Å²) < 4.78 is 5.08. The lowest BCUT2D eigenvalue weighted by Crippen LogP contribution is -2.46. The highest BCUT2D eigenvalue weighted by Crippen LogP contribution is 2.38. The molecule has 0 aromatic rings. The minimum atomic E-state index is -0.561. The van der Waals surface area contributed by atoms with Crippen molar-refractivity contribution in [3.8, 4) is 0 Å². The van der Waals surface area contributed by atoms with Gasteiger partial charge in [-0.15, -0.1) is 0 Å². The van der Waals surface area contributed by atoms with Crippen molar-refractivity contribution in [3.05, 3.63) is 0 Å². The standard InChI is InChI=1S/C17H31NO3/c1-6-9-21-17(20)13(5)18-16(19)15-10-12(4)7-8-14(15)11(2)3/h11-15H,6-10H2,1-5H3,(H,18,19). The zero-order chi connectivity index (χ0) is 16.0. The predicted octanol–water partition coefficient (Wildman–Crippen LogP) is 3.15. The number of nitrogens with one attached hydrogen (secondary N) is 1. The number of carbonyl (C=O) groups is 2. The molecule has 1 aliphatic rings. The van der Waals surface area contributed by atoms with Crippen molar-refractivity contribution in [3.63, 3.8) is 0 Å². The summed E-state index contributed by atoms with van der Waals surface area (Å²) in [6.07, 6.45) is 4.01. The van der Waals surface area contributed by atoms with Crippen molar-refractivity contribution >= 4 is 11.9 Å². The lowest BCUT2D eigenvalue weighted by atomic mass is 9.69. The van der Waals surface area contributed by atoms with E-state index in [0.29, 0.717) is 24.4 Å². The molecule has 4 nitrogen and oxygen atoms in total. The fourth-order valence-electron chi connectivity index (χ4n) is 3.21. The van der Waals surface area contributed by atoms with Gasteiger partial charge in [0, 0.05) is 5.92 Å². The molecule has 0 bridgehead atoms. The van der Waals surface area contributed by atoms with Crippen LogP contribution >= 0.6 is 0 Å². The molecule has 0 heterocycles. The quantitative estimate of drug-likeness (QED) is 0.766. The Kier molecular flexibility index (Phi) is 7.20. The third-order valence-corrected chi connectivity index (χ3v) is 4.52. The monoisotopic (exact) mass is 297 g/mol. The highest BCUT2D eigenvalue weighted by Gasteiger charge is 2.36. The first kappa shape index (κ1) is 18.0. The molecule has 0 saturated heterocycles. The van der Waals surface area contributed by atoms with E-state index in [2.05, 4.69) is 26.1 Å². The predicted molar refractivity (Wildman–Crippen MR) is 83.7 cm³/mol. The normalized spacial score (nSPS) is 27.2. The Balaban J connectivity index is 2.60. The van der Waals surface area contributed by atoms with E-state index >= 15 is 0 Å². The largest absolute Gasteiger partial charge is 0.464 e. The van der Waals surface area contributed by atoms with Gasteiger partial charge in [-0.3, -0.25) is 4.79 Å². The Morgan fingerprint density at radius 3 is 2.48 bits per heavy atom. The number of esters is 1. The molecule has 1 saturated carbocycles. The minimum Gasteiger partial charge on any atom is -0.464 e. The van der Waals surface area contributed by atoms with Crippen molar-refractivity contribution in [1.82, 2.24) is 5.32 Å². The van der Waals surface area contributed by atoms with E-state index in [1.165, 1.54) is 6.42 Å². The van der Waals surface area contributed by atoms with Crippen molar-refractivity contribution in [2.75, 3.05) is 6.61 Å². The number of hydrogen-bond acceptors (Lipinski definition) is 3. The second-order valence-electron chi connectivity index (χ2n) is 6.83. The lowest BCUT2D eigenvalue weighted by molar-refractivity contribution is -0.148. The van der Waals surface area contributed by atoms with E-state index in [0.717, 1.165) is 19.3 Å². The van der Waals surface area contributed by atoms with E-state index in [4.69, 9.17) is 4.74 Å². The Bertz CT molecular complexity index is 354. The molecule has 0 aromatic heterocycles. The summed E-state index contributed by atoms with van der Waals surface area (Å²) >= 11 is 0. The maximum atomic E-state index is 12.5. The maximum Gasteiger partial charge on any atom is 0.328 e. The van der Waals surface area contributed by atoms with Gasteiger partial charge in [-0.05, 0) is 43.9 Å². The van der Waals surface area contributed by atoms with Gasteiger partial charge in [-0.2, -0.15) is 0 Å². The zero-order valence-corrected chi connectivity index (χ0v) is 14.1. The fourth-order valence-corrected chi connectivity index (χ4v) is 3.21. The molecule has 0 aliphatic heterocycles. The number of hydrogen-bond donors (Lipinski definition) is 1. The summed E-state index contributed by atoms with van der Waals surface area (Å²) in [6, 6.07) is -0.561. The molecule has 4 heteroatoms. The third kappa shape index (κ3) is 5.33. The Hall–Kier alpha value is -1.06. The SMILES string of the molecule is CCCOC(=O)C(C)NC(=O)C1CC(C)CCC1C(C)C. The Morgan fingerprint density at radius 2 is 1.90 bits per heavy atom. The van der Waals surface area contributed by atoms with E-state index < -0.39 is 6.04 Å². The summed E-state index contributed by atoms with van der Waals surface area (Å²) in [6.45, 7) is 10.6. The van der Waals surface area contributed by atoms with E-state index in [1.807, 2.05) is 6.92 Å². The molecular formula is C17H31NO3. The van der Waals surface area contributed by atoms with Crippen LogP contribution in [0.4, 0.5) is 0 Å². The van der Waals surface area contributed by atoms with Crippen LogP contribution in [0.1, 0.15) is 60.3 Å². The molecule has 122 valence electrons. The van der Waals surface area contributed by atoms with Gasteiger partial charge in [0.05, 0.1) is 6.61 Å². The first-order chi connectivity index (χ1) is 9.86. The van der Waals surface area contributed by atoms with Crippen LogP contribution in [0.15, 0.2) is 0 Å². The average Bonchev–Trinajstić information content (AvgIpc) is 2.43. The number of rotatable bonds is 6. The van der Waals surface area contributed by atoms with Gasteiger partial charge in [0.25, 0.3) is 0 Å². The number of ether oxygens (including phenoxy) is 1. The molecule has 21 heavy (non-hydrogen) atoms. The Labute approximate surface area is 129 Å². The Morgan fingerprint density at radius 1 is 1.24 bits per heavy atom. The van der Waals surface area contributed by atoms with Gasteiger partial charge in [-0.25, -0.2) is 4.79 Å². The smallest absolute Gasteiger partial charge is 0.328 e. The number of carbonyl (C=O) groups excluding carboxylic acids is 2. The van der Waals surface area contributed by atoms with Crippen molar-refractivity contribution < 1.29 is 14.3 Å². The number of amides is 1. The highest BCUT2D eigenvalue weighted by molar-refractivity contribution is 5.85. The van der Waals surface area contributed by atoms with Crippen molar-refractivity contribution in [2.24, 2.45) is 23.7 Å². The fraction of sp³-hybridized carbons (Fsp3) is 0.882. The van der Waals surface area contributed by atoms with Gasteiger partial charge in [-0.1, -0.05) is 34.1 Å². The summed E-state index contributed by atoms with van der Waals surface area (Å²) in [5.74, 6) is 1.19.